The van der Waals surface area contributed by atoms with Crippen LogP contribution in [-0.4, -0.2) is 21.3 Å². The average molecular weight is 180 g/mol. The van der Waals surface area contributed by atoms with Crippen LogP contribution >= 0.6 is 11.8 Å². The van der Waals surface area contributed by atoms with Crippen molar-refractivity contribution in [3.63, 3.8) is 0 Å². The van der Waals surface area contributed by atoms with Crippen molar-refractivity contribution in [1.29, 1.82) is 0 Å². The molecule has 0 saturated carbocycles. The van der Waals surface area contributed by atoms with E-state index in [1.165, 1.54) is 0 Å². The first-order chi connectivity index (χ1) is 4.39. The van der Waals surface area contributed by atoms with Gasteiger partial charge in [-0.2, -0.15) is 0 Å². The summed E-state index contributed by atoms with van der Waals surface area (Å²) in [5.41, 5.74) is 0.152. The molecule has 3 heteroatoms. The molecule has 0 aliphatic heterocycles. The van der Waals surface area contributed by atoms with Crippen molar-refractivity contribution in [1.82, 2.24) is 0 Å². The Morgan fingerprint density at radius 1 is 1.40 bits per heavy atom. The van der Waals surface area contributed by atoms with Gasteiger partial charge in [-0.05, 0) is 11.7 Å². The van der Waals surface area contributed by atoms with E-state index in [1.54, 1.807) is 18.0 Å². The summed E-state index contributed by atoms with van der Waals surface area (Å²) in [5.74, 6) is 0. The van der Waals surface area contributed by atoms with Gasteiger partial charge in [-0.1, -0.05) is 20.8 Å². The second kappa shape index (κ2) is 3.77. The maximum atomic E-state index is 11.1. The summed E-state index contributed by atoms with van der Waals surface area (Å²) in [5, 5.41) is 0. The monoisotopic (exact) mass is 180 g/mol. The molecule has 0 radical (unpaired) electrons. The molecule has 0 aromatic carbocycles. The minimum Gasteiger partial charge on any atom is -0.259 e. The van der Waals surface area contributed by atoms with Crippen LogP contribution in [0.2, 0.25) is 0 Å². The lowest BCUT2D eigenvalue weighted by Gasteiger charge is -2.26. The fourth-order valence-electron chi connectivity index (χ4n) is 0.987. The predicted molar refractivity (Wildman–Crippen MR) is 50.8 cm³/mol. The zero-order valence-electron chi connectivity index (χ0n) is 7.30. The van der Waals surface area contributed by atoms with Crippen LogP contribution in [0.1, 0.15) is 20.8 Å². The Morgan fingerprint density at radius 2 is 1.80 bits per heavy atom. The van der Waals surface area contributed by atoms with Gasteiger partial charge < -0.3 is 0 Å². The van der Waals surface area contributed by atoms with Crippen LogP contribution in [0.15, 0.2) is 0 Å². The average Bonchev–Trinajstić information content (AvgIpc) is 1.60. The molecule has 0 aromatic rings. The second-order valence-corrected chi connectivity index (χ2v) is 6.14. The van der Waals surface area contributed by atoms with E-state index in [-0.39, 0.29) is 10.00 Å². The molecule has 0 saturated heterocycles. The minimum atomic E-state index is -0.710. The molecule has 0 aliphatic carbocycles. The van der Waals surface area contributed by atoms with Crippen molar-refractivity contribution in [3.05, 3.63) is 0 Å². The van der Waals surface area contributed by atoms with Crippen LogP contribution in [0.5, 0.6) is 0 Å². The summed E-state index contributed by atoms with van der Waals surface area (Å²) in [6.07, 6.45) is 3.78. The summed E-state index contributed by atoms with van der Waals surface area (Å²) < 4.78 is 11.4. The number of hydrogen-bond donors (Lipinski definition) is 0. The third-order valence-corrected chi connectivity index (χ3v) is 5.06. The van der Waals surface area contributed by atoms with Crippen molar-refractivity contribution >= 4 is 22.6 Å². The quantitative estimate of drug-likeness (QED) is 0.647. The van der Waals surface area contributed by atoms with Gasteiger partial charge in [0.15, 0.2) is 0 Å². The van der Waals surface area contributed by atoms with Crippen LogP contribution in [-0.2, 0) is 10.8 Å². The Bertz CT molecular complexity index is 126. The molecule has 1 nitrogen and oxygen atoms in total. The lowest BCUT2D eigenvalue weighted by molar-refractivity contribution is 0.453. The van der Waals surface area contributed by atoms with E-state index in [0.717, 1.165) is 0 Å². The third kappa shape index (κ3) is 3.06. The Hall–Kier alpha value is 0.500. The van der Waals surface area contributed by atoms with Gasteiger partial charge in [-0.3, -0.25) is 4.21 Å². The van der Waals surface area contributed by atoms with E-state index in [0.29, 0.717) is 0 Å². The van der Waals surface area contributed by atoms with Gasteiger partial charge in [0.1, 0.15) is 0 Å². The topological polar surface area (TPSA) is 17.1 Å². The highest BCUT2D eigenvalue weighted by atomic mass is 32.2. The Kier molecular flexibility index (Phi) is 3.95. The van der Waals surface area contributed by atoms with Crippen molar-refractivity contribution in [2.24, 2.45) is 5.41 Å². The fraction of sp³-hybridized carbons (Fsp3) is 1.00. The standard InChI is InChI=1S/C7H16OS2/c1-7(2,3)6(9-4)10(5)8/h6H,1-5H3. The van der Waals surface area contributed by atoms with Crippen LogP contribution in [0.3, 0.4) is 0 Å². The SMILES string of the molecule is CSC(S(C)=O)C(C)(C)C. The van der Waals surface area contributed by atoms with Crippen LogP contribution < -0.4 is 0 Å². The maximum absolute atomic E-state index is 11.1. The fourth-order valence-corrected chi connectivity index (χ4v) is 3.77. The summed E-state index contributed by atoms with van der Waals surface area (Å²) in [6, 6.07) is 0. The van der Waals surface area contributed by atoms with E-state index in [9.17, 15) is 4.21 Å². The first-order valence-electron chi connectivity index (χ1n) is 3.24. The van der Waals surface area contributed by atoms with Crippen molar-refractivity contribution in [2.45, 2.75) is 25.4 Å². The molecule has 0 spiro atoms. The van der Waals surface area contributed by atoms with Gasteiger partial charge in [-0.25, -0.2) is 0 Å². The molecule has 0 heterocycles. The summed E-state index contributed by atoms with van der Waals surface area (Å²) in [7, 11) is -0.710. The van der Waals surface area contributed by atoms with Gasteiger partial charge in [-0.15, -0.1) is 11.8 Å². The molecule has 0 fully saturated rings. The van der Waals surface area contributed by atoms with E-state index in [1.807, 2.05) is 6.26 Å². The molecule has 2 atom stereocenters. The minimum absolute atomic E-state index is 0.152. The van der Waals surface area contributed by atoms with E-state index in [2.05, 4.69) is 20.8 Å². The molecule has 2 unspecified atom stereocenters. The largest absolute Gasteiger partial charge is 0.259 e. The molecule has 0 N–H and O–H groups in total. The molecule has 62 valence electrons. The van der Waals surface area contributed by atoms with E-state index in [4.69, 9.17) is 0 Å². The Labute approximate surface area is 70.4 Å². The van der Waals surface area contributed by atoms with Gasteiger partial charge in [0.05, 0.1) is 4.58 Å². The summed E-state index contributed by atoms with van der Waals surface area (Å²) >= 11 is 1.68. The zero-order valence-corrected chi connectivity index (χ0v) is 8.94. The number of rotatable bonds is 2. The smallest absolute Gasteiger partial charge is 0.0843 e. The van der Waals surface area contributed by atoms with Crippen LogP contribution in [0.4, 0.5) is 0 Å². The van der Waals surface area contributed by atoms with Gasteiger partial charge in [0.2, 0.25) is 0 Å². The summed E-state index contributed by atoms with van der Waals surface area (Å²) in [6.45, 7) is 6.36. The molecule has 10 heavy (non-hydrogen) atoms. The normalized spacial score (nSPS) is 18.5. The first-order valence-corrected chi connectivity index (χ1v) is 6.15. The lowest BCUT2D eigenvalue weighted by Crippen LogP contribution is -2.26. The molecule has 0 aliphatic rings. The molecule has 0 bridgehead atoms. The Balaban J connectivity index is 4.22. The van der Waals surface area contributed by atoms with Crippen LogP contribution in [0.25, 0.3) is 0 Å². The van der Waals surface area contributed by atoms with Crippen molar-refractivity contribution in [2.75, 3.05) is 12.5 Å². The highest BCUT2D eigenvalue weighted by Crippen LogP contribution is 2.30. The maximum Gasteiger partial charge on any atom is 0.0843 e. The highest BCUT2D eigenvalue weighted by molar-refractivity contribution is 8.10. The lowest BCUT2D eigenvalue weighted by atomic mass is 10.0. The third-order valence-electron chi connectivity index (χ3n) is 1.22. The molecule has 0 aromatic heterocycles. The molecule has 0 amide bonds. The van der Waals surface area contributed by atoms with E-state index >= 15 is 0 Å². The van der Waals surface area contributed by atoms with Gasteiger partial charge in [0, 0.05) is 17.1 Å². The molecular weight excluding hydrogens is 164 g/mol. The highest BCUT2D eigenvalue weighted by Gasteiger charge is 2.26. The molecular formula is C7H16OS2. The molecule has 0 rings (SSSR count). The van der Waals surface area contributed by atoms with Crippen molar-refractivity contribution < 1.29 is 4.21 Å². The van der Waals surface area contributed by atoms with Crippen LogP contribution in [0, 0.1) is 5.41 Å². The zero-order chi connectivity index (χ0) is 8.36. The Morgan fingerprint density at radius 3 is 1.80 bits per heavy atom. The first kappa shape index (κ1) is 10.5. The van der Waals surface area contributed by atoms with Gasteiger partial charge >= 0.3 is 0 Å². The number of thioether (sulfide) groups is 1. The summed E-state index contributed by atoms with van der Waals surface area (Å²) in [4.78, 5) is 0. The van der Waals surface area contributed by atoms with Crippen molar-refractivity contribution in [3.8, 4) is 0 Å². The predicted octanol–water partition coefficient (Wildman–Crippen LogP) is 2.10. The van der Waals surface area contributed by atoms with Gasteiger partial charge in [0.25, 0.3) is 0 Å². The number of hydrogen-bond acceptors (Lipinski definition) is 2. The second-order valence-electron chi connectivity index (χ2n) is 3.43. The van der Waals surface area contributed by atoms with E-state index < -0.39 is 10.8 Å².